The fourth-order valence-corrected chi connectivity index (χ4v) is 2.82. The molecular formula is C17H20N2O2. The molecule has 2 heterocycles. The molecule has 1 N–H and O–H groups in total. The molecule has 21 heavy (non-hydrogen) atoms. The van der Waals surface area contributed by atoms with E-state index in [4.69, 9.17) is 4.42 Å². The van der Waals surface area contributed by atoms with Crippen molar-refractivity contribution in [3.05, 3.63) is 41.7 Å². The van der Waals surface area contributed by atoms with E-state index >= 15 is 0 Å². The van der Waals surface area contributed by atoms with Crippen LogP contribution in [0.15, 0.2) is 34.7 Å². The highest BCUT2D eigenvalue weighted by atomic mass is 16.3. The number of Topliss-reactive ketones (excluding diaryl/α,β-unsaturated/α-hetero) is 1. The predicted molar refractivity (Wildman–Crippen MR) is 83.7 cm³/mol. The van der Waals surface area contributed by atoms with Gasteiger partial charge in [0.15, 0.2) is 11.5 Å². The van der Waals surface area contributed by atoms with Gasteiger partial charge in [0.25, 0.3) is 0 Å². The maximum atomic E-state index is 11.3. The van der Waals surface area contributed by atoms with Crippen LogP contribution in [0.5, 0.6) is 0 Å². The van der Waals surface area contributed by atoms with E-state index in [1.54, 1.807) is 6.07 Å². The Labute approximate surface area is 124 Å². The van der Waals surface area contributed by atoms with Crippen molar-refractivity contribution >= 4 is 11.5 Å². The Kier molecular flexibility index (Phi) is 3.55. The average Bonchev–Trinajstić information content (AvgIpc) is 3.12. The SMILES string of the molecule is CNC(C)N1CCc2cc(-c3ccc(C(C)=O)o3)ccc21. The second-order valence-corrected chi connectivity index (χ2v) is 5.47. The van der Waals surface area contributed by atoms with Gasteiger partial charge in [-0.2, -0.15) is 0 Å². The van der Waals surface area contributed by atoms with Gasteiger partial charge in [-0.15, -0.1) is 0 Å². The Morgan fingerprint density at radius 2 is 2.14 bits per heavy atom. The third-order valence-electron chi connectivity index (χ3n) is 4.13. The number of hydrogen-bond donors (Lipinski definition) is 1. The lowest BCUT2D eigenvalue weighted by atomic mass is 10.1. The lowest BCUT2D eigenvalue weighted by molar-refractivity contribution is 0.0988. The van der Waals surface area contributed by atoms with E-state index in [9.17, 15) is 4.79 Å². The number of ketones is 1. The summed E-state index contributed by atoms with van der Waals surface area (Å²) >= 11 is 0. The first-order valence-electron chi connectivity index (χ1n) is 7.28. The quantitative estimate of drug-likeness (QED) is 0.876. The van der Waals surface area contributed by atoms with Crippen molar-refractivity contribution in [2.24, 2.45) is 0 Å². The van der Waals surface area contributed by atoms with Crippen molar-refractivity contribution in [3.8, 4) is 11.3 Å². The molecule has 1 aromatic heterocycles. The van der Waals surface area contributed by atoms with Crippen LogP contribution in [0.25, 0.3) is 11.3 Å². The molecule has 1 aliphatic rings. The molecule has 4 heteroatoms. The van der Waals surface area contributed by atoms with Gasteiger partial charge < -0.3 is 14.6 Å². The van der Waals surface area contributed by atoms with Gasteiger partial charge in [-0.1, -0.05) is 0 Å². The van der Waals surface area contributed by atoms with E-state index in [0.717, 1.165) is 24.3 Å². The minimum absolute atomic E-state index is 0.0450. The molecule has 110 valence electrons. The van der Waals surface area contributed by atoms with E-state index in [-0.39, 0.29) is 5.78 Å². The lowest BCUT2D eigenvalue weighted by Gasteiger charge is -2.26. The molecule has 1 atom stereocenters. The molecule has 3 rings (SSSR count). The topological polar surface area (TPSA) is 45.5 Å². The normalized spacial score (nSPS) is 15.1. The van der Waals surface area contributed by atoms with E-state index in [0.29, 0.717) is 11.9 Å². The summed E-state index contributed by atoms with van der Waals surface area (Å²) in [7, 11) is 1.98. The summed E-state index contributed by atoms with van der Waals surface area (Å²) < 4.78 is 5.61. The highest BCUT2D eigenvalue weighted by molar-refractivity contribution is 5.91. The van der Waals surface area contributed by atoms with Gasteiger partial charge in [0.05, 0.1) is 6.17 Å². The van der Waals surface area contributed by atoms with Gasteiger partial charge in [0.2, 0.25) is 0 Å². The smallest absolute Gasteiger partial charge is 0.194 e. The van der Waals surface area contributed by atoms with E-state index in [1.807, 2.05) is 13.1 Å². The standard InChI is InChI=1S/C17H20N2O2/c1-11(20)16-6-7-17(21-16)14-4-5-15-13(10-14)8-9-19(15)12(2)18-3/h4-7,10,12,18H,8-9H2,1-3H3. The average molecular weight is 284 g/mol. The molecule has 0 aliphatic carbocycles. The predicted octanol–water partition coefficient (Wildman–Crippen LogP) is 3.08. The van der Waals surface area contributed by atoms with Gasteiger partial charge in [-0.25, -0.2) is 0 Å². The van der Waals surface area contributed by atoms with Crippen molar-refractivity contribution in [3.63, 3.8) is 0 Å². The van der Waals surface area contributed by atoms with Crippen molar-refractivity contribution in [2.75, 3.05) is 18.5 Å². The summed E-state index contributed by atoms with van der Waals surface area (Å²) in [6.45, 7) is 4.70. The number of rotatable bonds is 4. The number of carbonyl (C=O) groups excluding carboxylic acids is 1. The molecule has 1 aliphatic heterocycles. The highest BCUT2D eigenvalue weighted by Gasteiger charge is 2.23. The zero-order chi connectivity index (χ0) is 15.0. The number of carbonyl (C=O) groups is 1. The third kappa shape index (κ3) is 2.47. The second kappa shape index (κ2) is 5.37. The van der Waals surface area contributed by atoms with Crippen molar-refractivity contribution < 1.29 is 9.21 Å². The molecule has 1 unspecified atom stereocenters. The van der Waals surface area contributed by atoms with Gasteiger partial charge in [-0.3, -0.25) is 4.79 Å². The number of nitrogens with zero attached hydrogens (tertiary/aromatic N) is 1. The molecule has 2 aromatic rings. The first-order valence-corrected chi connectivity index (χ1v) is 7.28. The molecule has 0 fully saturated rings. The van der Waals surface area contributed by atoms with Crippen LogP contribution >= 0.6 is 0 Å². The summed E-state index contributed by atoms with van der Waals surface area (Å²) in [6.07, 6.45) is 1.36. The number of hydrogen-bond acceptors (Lipinski definition) is 4. The van der Waals surface area contributed by atoms with Gasteiger partial charge in [-0.05, 0) is 56.3 Å². The van der Waals surface area contributed by atoms with Gasteiger partial charge >= 0.3 is 0 Å². The Balaban J connectivity index is 1.92. The first kappa shape index (κ1) is 13.9. The van der Waals surface area contributed by atoms with Crippen molar-refractivity contribution in [2.45, 2.75) is 26.4 Å². The van der Waals surface area contributed by atoms with E-state index in [2.05, 4.69) is 35.3 Å². The molecule has 0 spiro atoms. The van der Waals surface area contributed by atoms with E-state index < -0.39 is 0 Å². The molecule has 1 aromatic carbocycles. The Morgan fingerprint density at radius 3 is 2.81 bits per heavy atom. The maximum Gasteiger partial charge on any atom is 0.194 e. The minimum atomic E-state index is -0.0450. The van der Waals surface area contributed by atoms with Crippen LogP contribution in [0.2, 0.25) is 0 Å². The number of fused-ring (bicyclic) bond motifs is 1. The van der Waals surface area contributed by atoms with Crippen molar-refractivity contribution in [1.82, 2.24) is 5.32 Å². The summed E-state index contributed by atoms with van der Waals surface area (Å²) in [6, 6.07) is 9.96. The van der Waals surface area contributed by atoms with Gasteiger partial charge in [0, 0.05) is 24.7 Å². The van der Waals surface area contributed by atoms with Crippen LogP contribution in [0.1, 0.15) is 30.0 Å². The Bertz CT molecular complexity index is 675. The number of nitrogens with one attached hydrogen (secondary N) is 1. The molecule has 0 bridgehead atoms. The summed E-state index contributed by atoms with van der Waals surface area (Å²) in [4.78, 5) is 13.7. The van der Waals surface area contributed by atoms with Crippen LogP contribution in [0, 0.1) is 0 Å². The molecular weight excluding hydrogens is 264 g/mol. The van der Waals surface area contributed by atoms with Crippen LogP contribution in [0.4, 0.5) is 5.69 Å². The third-order valence-corrected chi connectivity index (χ3v) is 4.13. The Morgan fingerprint density at radius 1 is 1.33 bits per heavy atom. The van der Waals surface area contributed by atoms with Gasteiger partial charge in [0.1, 0.15) is 5.76 Å². The molecule has 0 saturated heterocycles. The van der Waals surface area contributed by atoms with Crippen molar-refractivity contribution in [1.29, 1.82) is 0 Å². The summed E-state index contributed by atoms with van der Waals surface area (Å²) in [5.41, 5.74) is 3.63. The maximum absolute atomic E-state index is 11.3. The van der Waals surface area contributed by atoms with Crippen LogP contribution < -0.4 is 10.2 Å². The summed E-state index contributed by atoms with van der Waals surface area (Å²) in [5, 5.41) is 3.28. The monoisotopic (exact) mass is 284 g/mol. The first-order chi connectivity index (χ1) is 10.1. The minimum Gasteiger partial charge on any atom is -0.453 e. The number of anilines is 1. The largest absolute Gasteiger partial charge is 0.453 e. The summed E-state index contributed by atoms with van der Waals surface area (Å²) in [5.74, 6) is 1.12. The lowest BCUT2D eigenvalue weighted by Crippen LogP contribution is -2.40. The van der Waals surface area contributed by atoms with Crippen LogP contribution in [-0.4, -0.2) is 25.5 Å². The zero-order valence-corrected chi connectivity index (χ0v) is 12.6. The highest BCUT2D eigenvalue weighted by Crippen LogP contribution is 2.33. The second-order valence-electron chi connectivity index (χ2n) is 5.47. The fraction of sp³-hybridized carbons (Fsp3) is 0.353. The Hall–Kier alpha value is -2.07. The molecule has 0 saturated carbocycles. The number of benzene rings is 1. The van der Waals surface area contributed by atoms with Crippen LogP contribution in [0.3, 0.4) is 0 Å². The molecule has 4 nitrogen and oxygen atoms in total. The van der Waals surface area contributed by atoms with Crippen LogP contribution in [-0.2, 0) is 6.42 Å². The zero-order valence-electron chi connectivity index (χ0n) is 12.6. The molecule has 0 amide bonds. The number of furan rings is 1. The fourth-order valence-electron chi connectivity index (χ4n) is 2.82. The van der Waals surface area contributed by atoms with E-state index in [1.165, 1.54) is 18.2 Å². The molecule has 0 radical (unpaired) electrons.